The van der Waals surface area contributed by atoms with Crippen molar-refractivity contribution in [1.29, 1.82) is 0 Å². The fourth-order valence-electron chi connectivity index (χ4n) is 1.54. The smallest absolute Gasteiger partial charge is 0.334 e. The Morgan fingerprint density at radius 3 is 2.40 bits per heavy atom. The van der Waals surface area contributed by atoms with Crippen molar-refractivity contribution in [3.63, 3.8) is 0 Å². The molecule has 110 valence electrons. The van der Waals surface area contributed by atoms with Crippen molar-refractivity contribution < 1.29 is 23.5 Å². The van der Waals surface area contributed by atoms with Crippen LogP contribution in [-0.2, 0) is 14.3 Å². The zero-order chi connectivity index (χ0) is 15.0. The molecule has 0 heterocycles. The summed E-state index contributed by atoms with van der Waals surface area (Å²) in [5.41, 5.74) is 0.154. The van der Waals surface area contributed by atoms with Gasteiger partial charge in [-0.3, -0.25) is 4.79 Å². The van der Waals surface area contributed by atoms with Gasteiger partial charge in [0.2, 0.25) is 0 Å². The van der Waals surface area contributed by atoms with E-state index in [2.05, 4.69) is 0 Å². The molecule has 1 atom stereocenters. The van der Waals surface area contributed by atoms with Crippen molar-refractivity contribution in [2.45, 2.75) is 19.9 Å². The Hall–Kier alpha value is -1.95. The van der Waals surface area contributed by atoms with Crippen LogP contribution in [-0.4, -0.2) is 42.9 Å². The molecule has 1 amide bonds. The van der Waals surface area contributed by atoms with E-state index in [0.717, 1.165) is 0 Å². The van der Waals surface area contributed by atoms with Crippen molar-refractivity contribution in [1.82, 2.24) is 5.12 Å². The first kappa shape index (κ1) is 16.1. The summed E-state index contributed by atoms with van der Waals surface area (Å²) >= 11 is 0. The zero-order valence-corrected chi connectivity index (χ0v) is 11.5. The van der Waals surface area contributed by atoms with Gasteiger partial charge in [0, 0.05) is 12.2 Å². The van der Waals surface area contributed by atoms with E-state index in [4.69, 9.17) is 9.47 Å². The van der Waals surface area contributed by atoms with Crippen LogP contribution in [0.2, 0.25) is 0 Å². The van der Waals surface area contributed by atoms with Gasteiger partial charge in [0.15, 0.2) is 6.04 Å². The number of ether oxygens (including phenoxy) is 2. The highest BCUT2D eigenvalue weighted by atomic mass is 19.2. The van der Waals surface area contributed by atoms with Crippen LogP contribution in [0.4, 0.5) is 4.48 Å². The molecule has 0 fully saturated rings. The molecular weight excluding hydrogens is 265 g/mol. The number of amides is 1. The van der Waals surface area contributed by atoms with E-state index in [9.17, 15) is 14.1 Å². The van der Waals surface area contributed by atoms with E-state index in [1.807, 2.05) is 0 Å². The lowest BCUT2D eigenvalue weighted by Crippen LogP contribution is -2.44. The summed E-state index contributed by atoms with van der Waals surface area (Å²) in [7, 11) is 0. The molecule has 1 aromatic carbocycles. The third-order valence-electron chi connectivity index (χ3n) is 2.53. The SMILES string of the molecule is CCOCC(C(=O)OCC)N(F)C(=O)c1ccccc1. The Morgan fingerprint density at radius 2 is 1.85 bits per heavy atom. The predicted molar refractivity (Wildman–Crippen MR) is 70.6 cm³/mol. The second kappa shape index (κ2) is 8.27. The molecule has 20 heavy (non-hydrogen) atoms. The summed E-state index contributed by atoms with van der Waals surface area (Å²) in [5, 5.41) is -0.136. The highest BCUT2D eigenvalue weighted by molar-refractivity contribution is 5.96. The summed E-state index contributed by atoms with van der Waals surface area (Å²) in [6, 6.07) is 6.48. The van der Waals surface area contributed by atoms with Gasteiger partial charge in [-0.2, -0.15) is 5.12 Å². The number of esters is 1. The summed E-state index contributed by atoms with van der Waals surface area (Å²) in [4.78, 5) is 23.6. The molecule has 0 spiro atoms. The van der Waals surface area contributed by atoms with E-state index in [1.165, 1.54) is 12.1 Å². The third-order valence-corrected chi connectivity index (χ3v) is 2.53. The van der Waals surface area contributed by atoms with Gasteiger partial charge in [-0.1, -0.05) is 22.7 Å². The first-order valence-corrected chi connectivity index (χ1v) is 6.40. The van der Waals surface area contributed by atoms with Crippen LogP contribution in [0.3, 0.4) is 0 Å². The largest absolute Gasteiger partial charge is 0.464 e. The van der Waals surface area contributed by atoms with Crippen molar-refractivity contribution in [3.8, 4) is 0 Å². The molecule has 0 aliphatic heterocycles. The lowest BCUT2D eigenvalue weighted by Gasteiger charge is -2.21. The molecule has 1 rings (SSSR count). The lowest BCUT2D eigenvalue weighted by molar-refractivity contribution is -0.157. The number of carbonyl (C=O) groups is 2. The van der Waals surface area contributed by atoms with Gasteiger partial charge in [-0.05, 0) is 26.0 Å². The minimum Gasteiger partial charge on any atom is -0.464 e. The van der Waals surface area contributed by atoms with Crippen molar-refractivity contribution in [3.05, 3.63) is 35.9 Å². The lowest BCUT2D eigenvalue weighted by atomic mass is 10.2. The van der Waals surface area contributed by atoms with Crippen LogP contribution in [0.15, 0.2) is 30.3 Å². The second-order valence-corrected chi connectivity index (χ2v) is 3.91. The normalized spacial score (nSPS) is 11.8. The van der Waals surface area contributed by atoms with Gasteiger partial charge in [0.05, 0.1) is 13.2 Å². The van der Waals surface area contributed by atoms with Crippen molar-refractivity contribution >= 4 is 11.9 Å². The van der Waals surface area contributed by atoms with Crippen LogP contribution in [0.25, 0.3) is 0 Å². The van der Waals surface area contributed by atoms with Gasteiger partial charge in [0.1, 0.15) is 0 Å². The van der Waals surface area contributed by atoms with Crippen LogP contribution in [0, 0.1) is 0 Å². The fourth-order valence-corrected chi connectivity index (χ4v) is 1.54. The summed E-state index contributed by atoms with van der Waals surface area (Å²) in [5.74, 6) is -1.73. The molecule has 0 N–H and O–H groups in total. The number of hydrogen-bond acceptors (Lipinski definition) is 4. The van der Waals surface area contributed by atoms with Gasteiger partial charge < -0.3 is 9.47 Å². The van der Waals surface area contributed by atoms with E-state index in [1.54, 1.807) is 32.0 Å². The molecule has 0 radical (unpaired) electrons. The molecule has 1 aromatic rings. The maximum atomic E-state index is 14.1. The molecule has 0 saturated heterocycles. The Balaban J connectivity index is 2.83. The second-order valence-electron chi connectivity index (χ2n) is 3.91. The summed E-state index contributed by atoms with van der Waals surface area (Å²) in [6.07, 6.45) is 0. The van der Waals surface area contributed by atoms with Gasteiger partial charge in [0.25, 0.3) is 5.91 Å². The number of hydrogen-bond donors (Lipinski definition) is 0. The molecule has 0 aliphatic rings. The number of halogens is 1. The number of nitrogens with zero attached hydrogens (tertiary/aromatic N) is 1. The van der Waals surface area contributed by atoms with Crippen LogP contribution in [0.1, 0.15) is 24.2 Å². The van der Waals surface area contributed by atoms with Crippen molar-refractivity contribution in [2.75, 3.05) is 19.8 Å². The Kier molecular flexibility index (Phi) is 6.66. The molecule has 0 aliphatic carbocycles. The fraction of sp³-hybridized carbons (Fsp3) is 0.429. The van der Waals surface area contributed by atoms with Crippen LogP contribution >= 0.6 is 0 Å². The topological polar surface area (TPSA) is 55.8 Å². The predicted octanol–water partition coefficient (Wildman–Crippen LogP) is 1.98. The first-order valence-electron chi connectivity index (χ1n) is 6.40. The van der Waals surface area contributed by atoms with Crippen LogP contribution < -0.4 is 0 Å². The van der Waals surface area contributed by atoms with E-state index >= 15 is 0 Å². The third kappa shape index (κ3) is 4.31. The standard InChI is InChI=1S/C14H18FNO4/c1-3-19-10-12(14(18)20-4-2)16(15)13(17)11-8-6-5-7-9-11/h5-9,12H,3-4,10H2,1-2H3. The summed E-state index contributed by atoms with van der Waals surface area (Å²) < 4.78 is 23.9. The van der Waals surface area contributed by atoms with E-state index in [0.29, 0.717) is 6.61 Å². The van der Waals surface area contributed by atoms with Crippen molar-refractivity contribution in [2.24, 2.45) is 0 Å². The van der Waals surface area contributed by atoms with E-state index < -0.39 is 17.9 Å². The number of carbonyl (C=O) groups excluding carboxylic acids is 2. The van der Waals surface area contributed by atoms with Gasteiger partial charge in [-0.25, -0.2) is 4.79 Å². The highest BCUT2D eigenvalue weighted by Crippen LogP contribution is 2.11. The summed E-state index contributed by atoms with van der Waals surface area (Å²) in [6.45, 7) is 3.49. The molecule has 6 heteroatoms. The molecule has 5 nitrogen and oxygen atoms in total. The molecule has 0 aromatic heterocycles. The van der Waals surface area contributed by atoms with Gasteiger partial charge in [-0.15, -0.1) is 0 Å². The zero-order valence-electron chi connectivity index (χ0n) is 11.5. The number of benzene rings is 1. The average Bonchev–Trinajstić information content (AvgIpc) is 2.48. The molecule has 0 saturated carbocycles. The average molecular weight is 283 g/mol. The van der Waals surface area contributed by atoms with E-state index in [-0.39, 0.29) is 23.9 Å². The number of rotatable bonds is 7. The minimum absolute atomic E-state index is 0.106. The molecular formula is C14H18FNO4. The maximum absolute atomic E-state index is 14.1. The minimum atomic E-state index is -1.40. The Labute approximate surface area is 117 Å². The van der Waals surface area contributed by atoms with Crippen LogP contribution in [0.5, 0.6) is 0 Å². The quantitative estimate of drug-likeness (QED) is 0.567. The maximum Gasteiger partial charge on any atom is 0.334 e. The Bertz CT molecular complexity index is 438. The molecule has 1 unspecified atom stereocenters. The Morgan fingerprint density at radius 1 is 1.20 bits per heavy atom. The monoisotopic (exact) mass is 283 g/mol. The van der Waals surface area contributed by atoms with Gasteiger partial charge >= 0.3 is 5.97 Å². The highest BCUT2D eigenvalue weighted by Gasteiger charge is 2.32. The first-order chi connectivity index (χ1) is 9.61. The molecule has 0 bridgehead atoms.